The molecule has 140 valence electrons. The second-order valence-electron chi connectivity index (χ2n) is 7.59. The molecule has 2 fully saturated rings. The SMILES string of the molecule is Cc1ccc2c(c1)N(CC(=O)N1CCN(C3CCCC3)CC1)C(=O)CO2. The highest BCUT2D eigenvalue weighted by Crippen LogP contribution is 2.33. The maximum absolute atomic E-state index is 12.8. The first-order chi connectivity index (χ1) is 12.6. The summed E-state index contributed by atoms with van der Waals surface area (Å²) in [5.74, 6) is 0.550. The minimum atomic E-state index is -0.152. The summed E-state index contributed by atoms with van der Waals surface area (Å²) in [5.41, 5.74) is 1.75. The number of hydrogen-bond acceptors (Lipinski definition) is 4. The molecule has 0 N–H and O–H groups in total. The molecule has 0 bridgehead atoms. The van der Waals surface area contributed by atoms with E-state index in [1.54, 1.807) is 4.90 Å². The molecule has 0 aromatic heterocycles. The van der Waals surface area contributed by atoms with E-state index < -0.39 is 0 Å². The Labute approximate surface area is 154 Å². The van der Waals surface area contributed by atoms with Gasteiger partial charge in [0.05, 0.1) is 5.69 Å². The fourth-order valence-corrected chi connectivity index (χ4v) is 4.33. The Morgan fingerprint density at radius 2 is 1.88 bits per heavy atom. The molecule has 3 aliphatic rings. The maximum Gasteiger partial charge on any atom is 0.265 e. The Bertz CT molecular complexity index is 692. The number of anilines is 1. The van der Waals surface area contributed by atoms with Crippen molar-refractivity contribution in [3.63, 3.8) is 0 Å². The van der Waals surface area contributed by atoms with Crippen molar-refractivity contribution >= 4 is 17.5 Å². The molecule has 1 aromatic rings. The number of ether oxygens (including phenoxy) is 1. The smallest absolute Gasteiger partial charge is 0.265 e. The lowest BCUT2D eigenvalue weighted by Crippen LogP contribution is -2.54. The molecule has 26 heavy (non-hydrogen) atoms. The zero-order valence-electron chi connectivity index (χ0n) is 15.4. The van der Waals surface area contributed by atoms with Crippen LogP contribution in [0.5, 0.6) is 5.75 Å². The van der Waals surface area contributed by atoms with E-state index in [4.69, 9.17) is 4.74 Å². The third-order valence-corrected chi connectivity index (χ3v) is 5.86. The van der Waals surface area contributed by atoms with Crippen molar-refractivity contribution in [3.05, 3.63) is 23.8 Å². The van der Waals surface area contributed by atoms with Crippen LogP contribution in [0.1, 0.15) is 31.2 Å². The fourth-order valence-electron chi connectivity index (χ4n) is 4.33. The molecule has 1 aromatic carbocycles. The van der Waals surface area contributed by atoms with Crippen molar-refractivity contribution < 1.29 is 14.3 Å². The summed E-state index contributed by atoms with van der Waals surface area (Å²) in [7, 11) is 0. The number of fused-ring (bicyclic) bond motifs is 1. The van der Waals surface area contributed by atoms with Crippen LogP contribution in [-0.4, -0.2) is 67.0 Å². The molecular weight excluding hydrogens is 330 g/mol. The highest BCUT2D eigenvalue weighted by Gasteiger charge is 2.31. The largest absolute Gasteiger partial charge is 0.482 e. The minimum Gasteiger partial charge on any atom is -0.482 e. The lowest BCUT2D eigenvalue weighted by Gasteiger charge is -2.39. The molecule has 1 saturated carbocycles. The van der Waals surface area contributed by atoms with Gasteiger partial charge in [-0.3, -0.25) is 19.4 Å². The Balaban J connectivity index is 1.39. The summed E-state index contributed by atoms with van der Waals surface area (Å²) in [6.07, 6.45) is 5.27. The predicted molar refractivity (Wildman–Crippen MR) is 99.4 cm³/mol. The van der Waals surface area contributed by atoms with Gasteiger partial charge >= 0.3 is 0 Å². The highest BCUT2D eigenvalue weighted by molar-refractivity contribution is 6.02. The quantitative estimate of drug-likeness (QED) is 0.828. The van der Waals surface area contributed by atoms with Gasteiger partial charge in [0.1, 0.15) is 12.3 Å². The number of rotatable bonds is 3. The van der Waals surface area contributed by atoms with Gasteiger partial charge in [0.15, 0.2) is 6.61 Å². The van der Waals surface area contributed by atoms with Gasteiger partial charge in [0.2, 0.25) is 5.91 Å². The summed E-state index contributed by atoms with van der Waals surface area (Å²) in [5, 5.41) is 0. The molecule has 2 heterocycles. The minimum absolute atomic E-state index is 0.00119. The van der Waals surface area contributed by atoms with Crippen molar-refractivity contribution in [2.24, 2.45) is 0 Å². The molecule has 0 spiro atoms. The van der Waals surface area contributed by atoms with Crippen LogP contribution in [0, 0.1) is 6.92 Å². The number of hydrogen-bond donors (Lipinski definition) is 0. The maximum atomic E-state index is 12.8. The van der Waals surface area contributed by atoms with Crippen LogP contribution in [-0.2, 0) is 9.59 Å². The molecule has 0 atom stereocenters. The summed E-state index contributed by atoms with van der Waals surface area (Å²) >= 11 is 0. The molecule has 0 unspecified atom stereocenters. The summed E-state index contributed by atoms with van der Waals surface area (Å²) in [4.78, 5) is 31.2. The van der Waals surface area contributed by atoms with Crippen LogP contribution in [0.25, 0.3) is 0 Å². The number of carbonyl (C=O) groups excluding carboxylic acids is 2. The molecule has 1 aliphatic carbocycles. The Morgan fingerprint density at radius 1 is 1.15 bits per heavy atom. The molecule has 4 rings (SSSR count). The van der Waals surface area contributed by atoms with Crippen molar-refractivity contribution in [1.82, 2.24) is 9.80 Å². The van der Waals surface area contributed by atoms with Crippen LogP contribution in [0.4, 0.5) is 5.69 Å². The highest BCUT2D eigenvalue weighted by atomic mass is 16.5. The monoisotopic (exact) mass is 357 g/mol. The van der Waals surface area contributed by atoms with E-state index in [0.29, 0.717) is 17.5 Å². The standard InChI is InChI=1S/C20H27N3O3/c1-15-6-7-18-17(12-15)23(20(25)14-26-18)13-19(24)22-10-8-21(9-11-22)16-4-2-3-5-16/h6-7,12,16H,2-5,8-11,13-14H2,1H3. The van der Waals surface area contributed by atoms with Gasteiger partial charge < -0.3 is 9.64 Å². The summed E-state index contributed by atoms with van der Waals surface area (Å²) in [6, 6.07) is 6.45. The van der Waals surface area contributed by atoms with Crippen LogP contribution in [0.15, 0.2) is 18.2 Å². The van der Waals surface area contributed by atoms with Gasteiger partial charge in [-0.1, -0.05) is 18.9 Å². The van der Waals surface area contributed by atoms with Gasteiger partial charge in [-0.15, -0.1) is 0 Å². The lowest BCUT2D eigenvalue weighted by atomic mass is 10.1. The number of nitrogens with zero attached hydrogens (tertiary/aromatic N) is 3. The molecule has 6 heteroatoms. The zero-order chi connectivity index (χ0) is 18.1. The molecule has 2 aliphatic heterocycles. The van der Waals surface area contributed by atoms with Crippen molar-refractivity contribution in [1.29, 1.82) is 0 Å². The van der Waals surface area contributed by atoms with Crippen molar-refractivity contribution in [3.8, 4) is 5.75 Å². The number of aryl methyl sites for hydroxylation is 1. The Hall–Kier alpha value is -2.08. The zero-order valence-corrected chi connectivity index (χ0v) is 15.4. The molecule has 1 saturated heterocycles. The van der Waals surface area contributed by atoms with Crippen molar-refractivity contribution in [2.45, 2.75) is 38.6 Å². The van der Waals surface area contributed by atoms with E-state index >= 15 is 0 Å². The topological polar surface area (TPSA) is 53.1 Å². The Kier molecular flexibility index (Phi) is 4.85. The molecule has 2 amide bonds. The van der Waals surface area contributed by atoms with E-state index in [2.05, 4.69) is 4.90 Å². The molecular formula is C20H27N3O3. The molecule has 6 nitrogen and oxygen atoms in total. The van der Waals surface area contributed by atoms with E-state index in [9.17, 15) is 9.59 Å². The van der Waals surface area contributed by atoms with E-state index in [1.807, 2.05) is 30.0 Å². The van der Waals surface area contributed by atoms with E-state index in [1.165, 1.54) is 25.7 Å². The first-order valence-corrected chi connectivity index (χ1v) is 9.67. The van der Waals surface area contributed by atoms with Crippen LogP contribution < -0.4 is 9.64 Å². The predicted octanol–water partition coefficient (Wildman–Crippen LogP) is 1.81. The third kappa shape index (κ3) is 3.43. The Morgan fingerprint density at radius 3 is 2.62 bits per heavy atom. The first kappa shape index (κ1) is 17.3. The number of benzene rings is 1. The molecule has 0 radical (unpaired) electrons. The van der Waals surface area contributed by atoms with Gasteiger partial charge in [0.25, 0.3) is 5.91 Å². The second kappa shape index (κ2) is 7.27. The fraction of sp³-hybridized carbons (Fsp3) is 0.600. The normalized spacial score (nSPS) is 21.7. The van der Waals surface area contributed by atoms with Crippen LogP contribution in [0.3, 0.4) is 0 Å². The van der Waals surface area contributed by atoms with E-state index in [-0.39, 0.29) is 25.0 Å². The third-order valence-electron chi connectivity index (χ3n) is 5.86. The van der Waals surface area contributed by atoms with Gasteiger partial charge in [-0.2, -0.15) is 0 Å². The van der Waals surface area contributed by atoms with E-state index in [0.717, 1.165) is 31.7 Å². The van der Waals surface area contributed by atoms with Gasteiger partial charge in [-0.05, 0) is 37.5 Å². The summed E-state index contributed by atoms with van der Waals surface area (Å²) < 4.78 is 5.50. The number of piperazine rings is 1. The van der Waals surface area contributed by atoms with Gasteiger partial charge in [-0.25, -0.2) is 0 Å². The summed E-state index contributed by atoms with van der Waals surface area (Å²) in [6.45, 7) is 5.48. The second-order valence-corrected chi connectivity index (χ2v) is 7.59. The first-order valence-electron chi connectivity index (χ1n) is 9.67. The lowest BCUT2D eigenvalue weighted by molar-refractivity contribution is -0.133. The van der Waals surface area contributed by atoms with Gasteiger partial charge in [0, 0.05) is 32.2 Å². The van der Waals surface area contributed by atoms with Crippen LogP contribution >= 0.6 is 0 Å². The van der Waals surface area contributed by atoms with Crippen LogP contribution in [0.2, 0.25) is 0 Å². The number of amides is 2. The average molecular weight is 357 g/mol. The number of carbonyl (C=O) groups is 2. The average Bonchev–Trinajstić information content (AvgIpc) is 3.19. The van der Waals surface area contributed by atoms with Crippen molar-refractivity contribution in [2.75, 3.05) is 44.2 Å².